The van der Waals surface area contributed by atoms with E-state index in [1.165, 1.54) is 11.3 Å². The summed E-state index contributed by atoms with van der Waals surface area (Å²) in [6.07, 6.45) is 0.212. The van der Waals surface area contributed by atoms with Gasteiger partial charge in [0.05, 0.1) is 24.2 Å². The first-order chi connectivity index (χ1) is 13.5. The number of hydrogen-bond donors (Lipinski definition) is 1. The lowest BCUT2D eigenvalue weighted by atomic mass is 10.1. The van der Waals surface area contributed by atoms with Gasteiger partial charge in [0.1, 0.15) is 5.75 Å². The summed E-state index contributed by atoms with van der Waals surface area (Å²) in [5.74, 6) is 0.780. The predicted octanol–water partition coefficient (Wildman–Crippen LogP) is 4.95. The van der Waals surface area contributed by atoms with Gasteiger partial charge < -0.3 is 4.74 Å². The Morgan fingerprint density at radius 2 is 2.00 bits per heavy atom. The Bertz CT molecular complexity index is 1150. The van der Waals surface area contributed by atoms with Crippen molar-refractivity contribution < 1.29 is 9.53 Å². The van der Waals surface area contributed by atoms with E-state index in [1.54, 1.807) is 29.8 Å². The van der Waals surface area contributed by atoms with Crippen molar-refractivity contribution in [2.45, 2.75) is 6.42 Å². The number of carbonyl (C=O) groups is 1. The molecule has 2 aromatic carbocycles. The molecule has 0 aliphatic heterocycles. The van der Waals surface area contributed by atoms with Gasteiger partial charge in [-0.1, -0.05) is 35.3 Å². The van der Waals surface area contributed by atoms with Crippen molar-refractivity contribution in [2.75, 3.05) is 12.4 Å². The number of aromatic nitrogens is 3. The molecule has 0 aliphatic carbocycles. The van der Waals surface area contributed by atoms with E-state index in [1.807, 2.05) is 29.6 Å². The summed E-state index contributed by atoms with van der Waals surface area (Å²) in [5.41, 5.74) is 2.38. The van der Waals surface area contributed by atoms with E-state index in [-0.39, 0.29) is 18.3 Å². The summed E-state index contributed by atoms with van der Waals surface area (Å²) in [6.45, 7) is 0. The van der Waals surface area contributed by atoms with Crippen LogP contribution >= 0.6 is 34.5 Å². The smallest absolute Gasteiger partial charge is 0.250 e. The van der Waals surface area contributed by atoms with Gasteiger partial charge in [-0.3, -0.25) is 10.1 Å². The third-order valence-corrected chi connectivity index (χ3v) is 5.44. The van der Waals surface area contributed by atoms with E-state index in [0.717, 1.165) is 22.6 Å². The summed E-state index contributed by atoms with van der Waals surface area (Å²) in [5, 5.41) is 10.2. The molecule has 1 amide bonds. The number of carbonyl (C=O) groups excluding carboxylic acids is 1. The Kier molecular flexibility index (Phi) is 5.21. The quantitative estimate of drug-likeness (QED) is 0.484. The highest BCUT2D eigenvalue weighted by atomic mass is 35.5. The number of benzene rings is 2. The molecule has 0 aliphatic rings. The van der Waals surface area contributed by atoms with Gasteiger partial charge in [0.15, 0.2) is 0 Å². The molecule has 0 spiro atoms. The van der Waals surface area contributed by atoms with Crippen molar-refractivity contribution in [3.8, 4) is 17.0 Å². The number of rotatable bonds is 5. The van der Waals surface area contributed by atoms with Crippen LogP contribution in [0, 0.1) is 0 Å². The Morgan fingerprint density at radius 1 is 1.21 bits per heavy atom. The SMILES string of the molecule is COc1ccc(CC(=O)Nc2nc3scc(-c4cc(Cl)ccc4Cl)n3n2)cc1. The van der Waals surface area contributed by atoms with Crippen molar-refractivity contribution in [1.29, 1.82) is 0 Å². The van der Waals surface area contributed by atoms with Gasteiger partial charge in [0.25, 0.3) is 0 Å². The van der Waals surface area contributed by atoms with Gasteiger partial charge in [-0.2, -0.15) is 4.98 Å². The zero-order valence-electron chi connectivity index (χ0n) is 14.6. The molecule has 28 heavy (non-hydrogen) atoms. The van der Waals surface area contributed by atoms with E-state index >= 15 is 0 Å². The minimum atomic E-state index is -0.203. The fraction of sp³-hybridized carbons (Fsp3) is 0.105. The highest BCUT2D eigenvalue weighted by molar-refractivity contribution is 7.15. The topological polar surface area (TPSA) is 68.5 Å². The number of anilines is 1. The van der Waals surface area contributed by atoms with Crippen LogP contribution in [-0.2, 0) is 11.2 Å². The average Bonchev–Trinajstić information content (AvgIpc) is 3.24. The summed E-state index contributed by atoms with van der Waals surface area (Å²) in [7, 11) is 1.60. The molecule has 9 heteroatoms. The maximum atomic E-state index is 12.3. The van der Waals surface area contributed by atoms with E-state index < -0.39 is 0 Å². The highest BCUT2D eigenvalue weighted by Gasteiger charge is 2.15. The largest absolute Gasteiger partial charge is 0.497 e. The van der Waals surface area contributed by atoms with Crippen molar-refractivity contribution in [1.82, 2.24) is 14.6 Å². The Hall–Kier alpha value is -2.61. The molecule has 0 fully saturated rings. The summed E-state index contributed by atoms with van der Waals surface area (Å²) >= 11 is 13.8. The summed E-state index contributed by atoms with van der Waals surface area (Å²) in [6, 6.07) is 12.5. The average molecular weight is 433 g/mol. The molecule has 0 bridgehead atoms. The Balaban J connectivity index is 1.54. The number of amides is 1. The third kappa shape index (κ3) is 3.82. The van der Waals surface area contributed by atoms with Crippen LogP contribution in [-0.4, -0.2) is 27.6 Å². The Morgan fingerprint density at radius 3 is 2.75 bits per heavy atom. The number of ether oxygens (including phenoxy) is 1. The van der Waals surface area contributed by atoms with E-state index in [9.17, 15) is 4.79 Å². The second kappa shape index (κ2) is 7.79. The molecule has 4 rings (SSSR count). The van der Waals surface area contributed by atoms with Crippen LogP contribution in [0.4, 0.5) is 5.95 Å². The lowest BCUT2D eigenvalue weighted by molar-refractivity contribution is -0.115. The maximum Gasteiger partial charge on any atom is 0.250 e. The number of methoxy groups -OCH3 is 1. The number of hydrogen-bond acceptors (Lipinski definition) is 5. The Labute approximate surface area is 174 Å². The molecular formula is C19H14Cl2N4O2S. The number of nitrogens with one attached hydrogen (secondary N) is 1. The first-order valence-electron chi connectivity index (χ1n) is 8.26. The molecule has 142 valence electrons. The molecule has 0 unspecified atom stereocenters. The second-order valence-electron chi connectivity index (χ2n) is 5.95. The van der Waals surface area contributed by atoms with Crippen molar-refractivity contribution >= 4 is 51.4 Å². The van der Waals surface area contributed by atoms with Crippen LogP contribution < -0.4 is 10.1 Å². The molecule has 0 saturated carbocycles. The number of fused-ring (bicyclic) bond motifs is 1. The van der Waals surface area contributed by atoms with Crippen molar-refractivity contribution in [3.05, 3.63) is 63.5 Å². The molecule has 2 heterocycles. The van der Waals surface area contributed by atoms with Gasteiger partial charge in [0.2, 0.25) is 16.8 Å². The minimum Gasteiger partial charge on any atom is -0.497 e. The number of halogens is 2. The molecule has 6 nitrogen and oxygen atoms in total. The molecular weight excluding hydrogens is 419 g/mol. The van der Waals surface area contributed by atoms with Crippen LogP contribution in [0.25, 0.3) is 16.2 Å². The number of thiazole rings is 1. The van der Waals surface area contributed by atoms with Gasteiger partial charge in [-0.05, 0) is 35.9 Å². The predicted molar refractivity (Wildman–Crippen MR) is 112 cm³/mol. The maximum absolute atomic E-state index is 12.3. The van der Waals surface area contributed by atoms with E-state index in [4.69, 9.17) is 27.9 Å². The zero-order chi connectivity index (χ0) is 19.7. The van der Waals surface area contributed by atoms with Crippen LogP contribution in [0.5, 0.6) is 5.75 Å². The standard InChI is InChI=1S/C19H14Cl2N4O2S/c1-27-13-5-2-11(3-6-13)8-17(26)22-18-23-19-25(24-18)16(10-28-19)14-9-12(20)4-7-15(14)21/h2-7,9-10H,8H2,1H3,(H,22,24,26). The van der Waals surface area contributed by atoms with Gasteiger partial charge in [-0.25, -0.2) is 4.52 Å². The fourth-order valence-corrected chi connectivity index (χ4v) is 3.92. The van der Waals surface area contributed by atoms with Crippen molar-refractivity contribution in [2.24, 2.45) is 0 Å². The first kappa shape index (κ1) is 18.7. The molecule has 1 N–H and O–H groups in total. The normalized spacial score (nSPS) is 11.0. The van der Waals surface area contributed by atoms with Gasteiger partial charge in [0, 0.05) is 16.0 Å². The molecule has 2 aromatic heterocycles. The zero-order valence-corrected chi connectivity index (χ0v) is 17.0. The fourth-order valence-electron chi connectivity index (χ4n) is 2.71. The third-order valence-electron chi connectivity index (χ3n) is 4.06. The highest BCUT2D eigenvalue weighted by Crippen LogP contribution is 2.33. The van der Waals surface area contributed by atoms with Crippen LogP contribution in [0.15, 0.2) is 47.8 Å². The van der Waals surface area contributed by atoms with Gasteiger partial charge >= 0.3 is 0 Å². The monoisotopic (exact) mass is 432 g/mol. The van der Waals surface area contributed by atoms with Crippen LogP contribution in [0.1, 0.15) is 5.56 Å². The minimum absolute atomic E-state index is 0.203. The molecule has 0 atom stereocenters. The molecule has 4 aromatic rings. The summed E-state index contributed by atoms with van der Waals surface area (Å²) in [4.78, 5) is 17.3. The molecule has 0 radical (unpaired) electrons. The lowest BCUT2D eigenvalue weighted by Gasteiger charge is -2.04. The van der Waals surface area contributed by atoms with Crippen LogP contribution in [0.2, 0.25) is 10.0 Å². The molecule has 0 saturated heterocycles. The van der Waals surface area contributed by atoms with E-state index in [0.29, 0.717) is 15.0 Å². The first-order valence-corrected chi connectivity index (χ1v) is 9.89. The van der Waals surface area contributed by atoms with Gasteiger partial charge in [-0.15, -0.1) is 16.4 Å². The van der Waals surface area contributed by atoms with Crippen LogP contribution in [0.3, 0.4) is 0 Å². The number of nitrogens with zero attached hydrogens (tertiary/aromatic N) is 3. The second-order valence-corrected chi connectivity index (χ2v) is 7.63. The van der Waals surface area contributed by atoms with Crippen molar-refractivity contribution in [3.63, 3.8) is 0 Å². The van der Waals surface area contributed by atoms with E-state index in [2.05, 4.69) is 15.4 Å². The lowest BCUT2D eigenvalue weighted by Crippen LogP contribution is -2.15. The summed E-state index contributed by atoms with van der Waals surface area (Å²) < 4.78 is 6.76.